The van der Waals surface area contributed by atoms with Gasteiger partial charge >= 0.3 is 0 Å². The summed E-state index contributed by atoms with van der Waals surface area (Å²) < 4.78 is 13.1. The third kappa shape index (κ3) is 3.36. The van der Waals surface area contributed by atoms with Crippen molar-refractivity contribution in [1.82, 2.24) is 5.32 Å². The van der Waals surface area contributed by atoms with Gasteiger partial charge < -0.3 is 5.32 Å². The highest BCUT2D eigenvalue weighted by Gasteiger charge is 2.34. The number of halogens is 1. The van der Waals surface area contributed by atoms with Gasteiger partial charge in [-0.05, 0) is 42.5 Å². The van der Waals surface area contributed by atoms with E-state index in [2.05, 4.69) is 5.32 Å². The fourth-order valence-electron chi connectivity index (χ4n) is 2.62. The van der Waals surface area contributed by atoms with E-state index in [0.29, 0.717) is 0 Å². The molecule has 0 aromatic heterocycles. The summed E-state index contributed by atoms with van der Waals surface area (Å²) in [5.41, 5.74) is 0.616. The third-order valence-corrected chi connectivity index (χ3v) is 3.95. The fraction of sp³-hybridized carbons (Fsp3) is 0.235. The Morgan fingerprint density at radius 3 is 2.43 bits per heavy atom. The first-order chi connectivity index (χ1) is 11.1. The van der Waals surface area contributed by atoms with Crippen LogP contribution in [0.4, 0.5) is 10.1 Å². The predicted molar refractivity (Wildman–Crippen MR) is 82.4 cm³/mol. The van der Waals surface area contributed by atoms with Crippen LogP contribution in [0.2, 0.25) is 0 Å². The molecule has 1 fully saturated rings. The molecule has 6 heteroatoms. The van der Waals surface area contributed by atoms with Crippen molar-refractivity contribution < 1.29 is 14.1 Å². The Balaban J connectivity index is 1.85. The van der Waals surface area contributed by atoms with Crippen LogP contribution in [0.3, 0.4) is 0 Å². The first kappa shape index (κ1) is 15.1. The maximum atomic E-state index is 13.1. The molecular weight excluding hydrogens is 299 g/mol. The van der Waals surface area contributed by atoms with Gasteiger partial charge in [0.15, 0.2) is 0 Å². The van der Waals surface area contributed by atoms with Gasteiger partial charge in [0.1, 0.15) is 11.4 Å². The van der Waals surface area contributed by atoms with Crippen molar-refractivity contribution in [3.63, 3.8) is 0 Å². The maximum Gasteiger partial charge on any atom is 0.282 e. The van der Waals surface area contributed by atoms with Crippen molar-refractivity contribution in [2.75, 3.05) is 0 Å². The molecule has 118 valence electrons. The lowest BCUT2D eigenvalue weighted by atomic mass is 10.0. The monoisotopic (exact) mass is 314 g/mol. The van der Waals surface area contributed by atoms with Crippen LogP contribution in [0, 0.1) is 21.8 Å². The van der Waals surface area contributed by atoms with Gasteiger partial charge in [0.25, 0.3) is 11.6 Å². The zero-order chi connectivity index (χ0) is 16.4. The number of nitro benzene ring substituents is 1. The van der Waals surface area contributed by atoms with Gasteiger partial charge in [0.05, 0.1) is 11.0 Å². The van der Waals surface area contributed by atoms with Crippen molar-refractivity contribution in [3.8, 4) is 0 Å². The molecule has 1 saturated carbocycles. The molecule has 2 aromatic carbocycles. The van der Waals surface area contributed by atoms with Crippen LogP contribution >= 0.6 is 0 Å². The second-order valence-electron chi connectivity index (χ2n) is 5.61. The molecule has 1 unspecified atom stereocenters. The van der Waals surface area contributed by atoms with Crippen LogP contribution in [0.25, 0.3) is 0 Å². The number of para-hydroxylation sites is 1. The van der Waals surface area contributed by atoms with Gasteiger partial charge in [-0.2, -0.15) is 0 Å². The largest absolute Gasteiger partial charge is 0.345 e. The topological polar surface area (TPSA) is 72.2 Å². The average molecular weight is 314 g/mol. The summed E-state index contributed by atoms with van der Waals surface area (Å²) >= 11 is 0. The van der Waals surface area contributed by atoms with Gasteiger partial charge in [-0.15, -0.1) is 0 Å². The normalized spacial score (nSPS) is 15.0. The van der Waals surface area contributed by atoms with E-state index in [-0.39, 0.29) is 29.0 Å². The minimum absolute atomic E-state index is 0.0326. The Bertz CT molecular complexity index is 742. The molecule has 0 bridgehead atoms. The summed E-state index contributed by atoms with van der Waals surface area (Å²) in [4.78, 5) is 22.9. The van der Waals surface area contributed by atoms with Gasteiger partial charge in [-0.3, -0.25) is 14.9 Å². The second-order valence-corrected chi connectivity index (χ2v) is 5.61. The number of rotatable bonds is 5. The number of carbonyl (C=O) groups is 1. The van der Waals surface area contributed by atoms with Crippen molar-refractivity contribution in [2.45, 2.75) is 18.9 Å². The molecule has 0 heterocycles. The van der Waals surface area contributed by atoms with Crippen molar-refractivity contribution in [2.24, 2.45) is 5.92 Å². The molecule has 0 saturated heterocycles. The van der Waals surface area contributed by atoms with Crippen LogP contribution in [0.1, 0.15) is 34.8 Å². The number of nitrogens with one attached hydrogen (secondary N) is 1. The molecule has 1 atom stereocenters. The maximum absolute atomic E-state index is 13.1. The molecule has 1 aliphatic rings. The first-order valence-corrected chi connectivity index (χ1v) is 7.36. The third-order valence-electron chi connectivity index (χ3n) is 3.95. The zero-order valence-corrected chi connectivity index (χ0v) is 12.2. The van der Waals surface area contributed by atoms with Gasteiger partial charge in [-0.1, -0.05) is 24.3 Å². The molecular formula is C17H15FN2O3. The lowest BCUT2D eigenvalue weighted by Crippen LogP contribution is -2.30. The summed E-state index contributed by atoms with van der Waals surface area (Å²) in [6.45, 7) is 0. The van der Waals surface area contributed by atoms with Crippen LogP contribution in [-0.4, -0.2) is 10.8 Å². The number of hydrogen-bond donors (Lipinski definition) is 1. The van der Waals surface area contributed by atoms with Crippen LogP contribution in [-0.2, 0) is 0 Å². The summed E-state index contributed by atoms with van der Waals surface area (Å²) in [7, 11) is 0. The van der Waals surface area contributed by atoms with E-state index in [1.54, 1.807) is 18.2 Å². The van der Waals surface area contributed by atoms with Gasteiger partial charge in [-0.25, -0.2) is 4.39 Å². The van der Waals surface area contributed by atoms with Crippen molar-refractivity contribution in [3.05, 3.63) is 75.6 Å². The minimum atomic E-state index is -0.570. The van der Waals surface area contributed by atoms with Crippen molar-refractivity contribution in [1.29, 1.82) is 0 Å². The molecule has 0 radical (unpaired) electrons. The van der Waals surface area contributed by atoms with E-state index >= 15 is 0 Å². The minimum Gasteiger partial charge on any atom is -0.345 e. The number of nitrogens with zero attached hydrogens (tertiary/aromatic N) is 1. The molecule has 0 spiro atoms. The smallest absolute Gasteiger partial charge is 0.282 e. The molecule has 2 aromatic rings. The van der Waals surface area contributed by atoms with Crippen LogP contribution < -0.4 is 5.32 Å². The fourth-order valence-corrected chi connectivity index (χ4v) is 2.62. The summed E-state index contributed by atoms with van der Waals surface area (Å²) in [5.74, 6) is -0.543. The highest BCUT2D eigenvalue weighted by Crippen LogP contribution is 2.41. The summed E-state index contributed by atoms with van der Waals surface area (Å²) in [6, 6.07) is 11.6. The van der Waals surface area contributed by atoms with Gasteiger partial charge in [0.2, 0.25) is 0 Å². The van der Waals surface area contributed by atoms with E-state index in [4.69, 9.17) is 0 Å². The van der Waals surface area contributed by atoms with E-state index in [9.17, 15) is 19.3 Å². The average Bonchev–Trinajstić information content (AvgIpc) is 3.38. The van der Waals surface area contributed by atoms with Gasteiger partial charge in [0, 0.05) is 6.07 Å². The van der Waals surface area contributed by atoms with Crippen molar-refractivity contribution >= 4 is 11.6 Å². The molecule has 1 aliphatic carbocycles. The Morgan fingerprint density at radius 2 is 1.83 bits per heavy atom. The zero-order valence-electron chi connectivity index (χ0n) is 12.2. The number of amides is 1. The second kappa shape index (κ2) is 6.16. The van der Waals surface area contributed by atoms with E-state index in [1.165, 1.54) is 30.3 Å². The van der Waals surface area contributed by atoms with Crippen LogP contribution in [0.15, 0.2) is 48.5 Å². The number of benzene rings is 2. The highest BCUT2D eigenvalue weighted by molar-refractivity contribution is 5.98. The van der Waals surface area contributed by atoms with E-state index in [0.717, 1.165) is 18.4 Å². The molecule has 3 rings (SSSR count). The first-order valence-electron chi connectivity index (χ1n) is 7.36. The SMILES string of the molecule is O=C(NC(c1ccc(F)cc1)C1CC1)c1ccccc1[N+](=O)[O-]. The number of nitro groups is 1. The lowest BCUT2D eigenvalue weighted by Gasteiger charge is -2.19. The Morgan fingerprint density at radius 1 is 1.17 bits per heavy atom. The number of carbonyl (C=O) groups excluding carboxylic acids is 1. The predicted octanol–water partition coefficient (Wildman–Crippen LogP) is 3.62. The number of hydrogen-bond acceptors (Lipinski definition) is 3. The Labute approximate surface area is 132 Å². The summed E-state index contributed by atoms with van der Waals surface area (Å²) in [5, 5.41) is 13.9. The Kier molecular flexibility index (Phi) is 4.06. The molecule has 5 nitrogen and oxygen atoms in total. The lowest BCUT2D eigenvalue weighted by molar-refractivity contribution is -0.385. The molecule has 0 aliphatic heterocycles. The highest BCUT2D eigenvalue weighted by atomic mass is 19.1. The van der Waals surface area contributed by atoms with Crippen LogP contribution in [0.5, 0.6) is 0 Å². The standard InChI is InChI=1S/C17H15FN2O3/c18-13-9-7-12(8-10-13)16(11-5-6-11)19-17(21)14-3-1-2-4-15(14)20(22)23/h1-4,7-11,16H,5-6H2,(H,19,21). The van der Waals surface area contributed by atoms with E-state index in [1.807, 2.05) is 0 Å². The quantitative estimate of drug-likeness (QED) is 0.677. The molecule has 1 N–H and O–H groups in total. The summed E-state index contributed by atoms with van der Waals surface area (Å²) in [6.07, 6.45) is 1.94. The Hall–Kier alpha value is -2.76. The van der Waals surface area contributed by atoms with E-state index < -0.39 is 10.8 Å². The molecule has 23 heavy (non-hydrogen) atoms. The molecule has 1 amide bonds.